The minimum atomic E-state index is -0.799. The van der Waals surface area contributed by atoms with Crippen molar-refractivity contribution < 1.29 is 9.90 Å². The van der Waals surface area contributed by atoms with Crippen molar-refractivity contribution in [1.29, 1.82) is 0 Å². The van der Waals surface area contributed by atoms with Crippen LogP contribution in [-0.4, -0.2) is 46.8 Å². The highest BCUT2D eigenvalue weighted by atomic mass is 35.5. The lowest BCUT2D eigenvalue weighted by atomic mass is 9.93. The van der Waals surface area contributed by atoms with Gasteiger partial charge in [-0.1, -0.05) is 22.9 Å². The summed E-state index contributed by atoms with van der Waals surface area (Å²) < 4.78 is 0. The Kier molecular flexibility index (Phi) is 4.06. The molecule has 128 valence electrons. The van der Waals surface area contributed by atoms with Crippen molar-refractivity contribution in [3.05, 3.63) is 16.5 Å². The van der Waals surface area contributed by atoms with Crippen molar-refractivity contribution in [3.8, 4) is 10.6 Å². The average molecular weight is 385 g/mol. The van der Waals surface area contributed by atoms with Crippen LogP contribution >= 0.6 is 34.3 Å². The summed E-state index contributed by atoms with van der Waals surface area (Å²) in [5.41, 5.74) is 6.86. The maximum absolute atomic E-state index is 11.3. The molecule has 1 amide bonds. The number of nitrogen functional groups attached to an aromatic ring is 1. The third kappa shape index (κ3) is 2.72. The number of aromatic nitrogens is 1. The summed E-state index contributed by atoms with van der Waals surface area (Å²) in [6.45, 7) is 2.30. The number of amides is 1. The van der Waals surface area contributed by atoms with Crippen LogP contribution in [0, 0.1) is 5.92 Å². The smallest absolute Gasteiger partial charge is 0.407 e. The van der Waals surface area contributed by atoms with Gasteiger partial charge in [-0.25, -0.2) is 9.78 Å². The Labute approximate surface area is 152 Å². The van der Waals surface area contributed by atoms with E-state index < -0.39 is 6.09 Å². The summed E-state index contributed by atoms with van der Waals surface area (Å²) in [4.78, 5) is 20.8. The van der Waals surface area contributed by atoms with E-state index in [-0.39, 0.29) is 6.04 Å². The zero-order valence-electron chi connectivity index (χ0n) is 12.8. The van der Waals surface area contributed by atoms with Crippen molar-refractivity contribution in [2.75, 3.05) is 30.3 Å². The fraction of sp³-hybridized carbons (Fsp3) is 0.467. The molecule has 0 bridgehead atoms. The Morgan fingerprint density at radius 3 is 2.96 bits per heavy atom. The first kappa shape index (κ1) is 16.0. The van der Waals surface area contributed by atoms with Crippen LogP contribution in [-0.2, 0) is 0 Å². The summed E-state index contributed by atoms with van der Waals surface area (Å²) in [5, 5.41) is 13.5. The minimum absolute atomic E-state index is 0.142. The van der Waals surface area contributed by atoms with Gasteiger partial charge in [0.25, 0.3) is 0 Å². The van der Waals surface area contributed by atoms with E-state index in [9.17, 15) is 9.90 Å². The fourth-order valence-electron chi connectivity index (χ4n) is 3.75. The third-order valence-corrected chi connectivity index (χ3v) is 7.02. The number of thiazole rings is 1. The molecule has 2 aliphatic rings. The minimum Gasteiger partial charge on any atom is -0.465 e. The van der Waals surface area contributed by atoms with E-state index in [0.29, 0.717) is 22.6 Å². The van der Waals surface area contributed by atoms with E-state index in [1.165, 1.54) is 11.3 Å². The molecule has 0 aromatic carbocycles. The van der Waals surface area contributed by atoms with Gasteiger partial charge in [-0.15, -0.1) is 11.3 Å². The molecule has 24 heavy (non-hydrogen) atoms. The summed E-state index contributed by atoms with van der Waals surface area (Å²) >= 11 is 9.11. The first-order valence-electron chi connectivity index (χ1n) is 7.78. The zero-order chi connectivity index (χ0) is 16.8. The lowest BCUT2D eigenvalue weighted by molar-refractivity contribution is 0.129. The molecule has 2 unspecified atom stereocenters. The van der Waals surface area contributed by atoms with Gasteiger partial charge < -0.3 is 20.6 Å². The molecule has 6 nitrogen and oxygen atoms in total. The number of hydrogen-bond donors (Lipinski definition) is 2. The highest BCUT2D eigenvalue weighted by Crippen LogP contribution is 2.43. The topological polar surface area (TPSA) is 82.7 Å². The van der Waals surface area contributed by atoms with Crippen molar-refractivity contribution in [3.63, 3.8) is 0 Å². The average Bonchev–Trinajstić information content (AvgIpc) is 3.23. The Bertz CT molecular complexity index is 777. The van der Waals surface area contributed by atoms with Crippen LogP contribution < -0.4 is 10.6 Å². The number of thiophene rings is 1. The molecule has 2 atom stereocenters. The lowest BCUT2D eigenvalue weighted by Crippen LogP contribution is -2.47. The molecule has 0 aliphatic carbocycles. The number of halogens is 1. The van der Waals surface area contributed by atoms with Crippen LogP contribution in [0.25, 0.3) is 10.6 Å². The van der Waals surface area contributed by atoms with Gasteiger partial charge in [-0.05, 0) is 24.8 Å². The molecule has 0 spiro atoms. The summed E-state index contributed by atoms with van der Waals surface area (Å²) in [6.07, 6.45) is 0.966. The summed E-state index contributed by atoms with van der Waals surface area (Å²) in [5.74, 6) is 0.373. The number of nitrogens with two attached hydrogens (primary N) is 1. The van der Waals surface area contributed by atoms with E-state index in [2.05, 4.69) is 9.88 Å². The number of carboxylic acid groups (broad SMARTS) is 1. The second-order valence-electron chi connectivity index (χ2n) is 6.16. The molecular weight excluding hydrogens is 368 g/mol. The molecular formula is C15H17ClN4O2S2. The van der Waals surface area contributed by atoms with Gasteiger partial charge in [0.2, 0.25) is 0 Å². The molecule has 4 rings (SSSR count). The monoisotopic (exact) mass is 384 g/mol. The largest absolute Gasteiger partial charge is 0.465 e. The van der Waals surface area contributed by atoms with Crippen molar-refractivity contribution >= 4 is 50.5 Å². The number of carbonyl (C=O) groups is 1. The van der Waals surface area contributed by atoms with Crippen LogP contribution in [0.15, 0.2) is 11.4 Å². The quantitative estimate of drug-likeness (QED) is 0.825. The molecule has 0 saturated carbocycles. The third-order valence-electron chi connectivity index (χ3n) is 4.79. The molecule has 4 heterocycles. The van der Waals surface area contributed by atoms with E-state index in [0.717, 1.165) is 41.5 Å². The number of piperidine rings is 1. The van der Waals surface area contributed by atoms with Gasteiger partial charge in [-0.3, -0.25) is 0 Å². The zero-order valence-corrected chi connectivity index (χ0v) is 15.2. The van der Waals surface area contributed by atoms with Gasteiger partial charge >= 0.3 is 6.09 Å². The van der Waals surface area contributed by atoms with Crippen LogP contribution in [0.1, 0.15) is 12.8 Å². The van der Waals surface area contributed by atoms with Gasteiger partial charge in [0, 0.05) is 31.1 Å². The Morgan fingerprint density at radius 1 is 1.42 bits per heavy atom. The highest BCUT2D eigenvalue weighted by Gasteiger charge is 2.41. The highest BCUT2D eigenvalue weighted by molar-refractivity contribution is 7.20. The Hall–Kier alpha value is -1.51. The second kappa shape index (κ2) is 6.09. The molecule has 2 saturated heterocycles. The molecule has 2 fully saturated rings. The molecule has 3 N–H and O–H groups in total. The Balaban J connectivity index is 1.59. The van der Waals surface area contributed by atoms with Crippen molar-refractivity contribution in [2.24, 2.45) is 5.92 Å². The van der Waals surface area contributed by atoms with Gasteiger partial charge in [0.05, 0.1) is 9.90 Å². The van der Waals surface area contributed by atoms with E-state index in [4.69, 9.17) is 17.3 Å². The maximum Gasteiger partial charge on any atom is 0.407 e. The van der Waals surface area contributed by atoms with E-state index in [1.54, 1.807) is 16.2 Å². The summed E-state index contributed by atoms with van der Waals surface area (Å²) in [6, 6.07) is 2.06. The lowest BCUT2D eigenvalue weighted by Gasteiger charge is -2.37. The number of nitrogens with zero attached hydrogens (tertiary/aromatic N) is 3. The van der Waals surface area contributed by atoms with E-state index in [1.807, 2.05) is 11.4 Å². The predicted molar refractivity (Wildman–Crippen MR) is 98.3 cm³/mol. The van der Waals surface area contributed by atoms with Crippen molar-refractivity contribution in [2.45, 2.75) is 18.9 Å². The number of likely N-dealkylation sites (tertiary alicyclic amines) is 1. The van der Waals surface area contributed by atoms with Crippen molar-refractivity contribution in [1.82, 2.24) is 9.88 Å². The standard InChI is InChI=1S/C15H17ClN4O2S2/c16-9-5-11(23-7-9)12-13(24-14(17)18-12)19-3-2-10-8(6-19)1-4-20(10)15(21)22/h5,7-8,10H,1-4,6H2,(H2,17,18)(H,21,22). The van der Waals surface area contributed by atoms with Crippen LogP contribution in [0.3, 0.4) is 0 Å². The molecule has 9 heteroatoms. The molecule has 0 radical (unpaired) electrons. The van der Waals surface area contributed by atoms with Crippen LogP contribution in [0.4, 0.5) is 14.9 Å². The number of fused-ring (bicyclic) bond motifs is 1. The predicted octanol–water partition coefficient (Wildman–Crippen LogP) is 3.69. The van der Waals surface area contributed by atoms with Crippen LogP contribution in [0.5, 0.6) is 0 Å². The first-order valence-corrected chi connectivity index (χ1v) is 9.85. The van der Waals surface area contributed by atoms with Crippen LogP contribution in [0.2, 0.25) is 5.02 Å². The normalized spacial score (nSPS) is 23.5. The first-order chi connectivity index (χ1) is 11.5. The number of rotatable bonds is 2. The SMILES string of the molecule is Nc1nc(-c2cc(Cl)cs2)c(N2CCC3C(CCN3C(=O)O)C2)s1. The second-order valence-corrected chi connectivity index (χ2v) is 8.52. The summed E-state index contributed by atoms with van der Waals surface area (Å²) in [7, 11) is 0. The van der Waals surface area contributed by atoms with Gasteiger partial charge in [0.1, 0.15) is 10.7 Å². The maximum atomic E-state index is 11.3. The number of anilines is 2. The van der Waals surface area contributed by atoms with Gasteiger partial charge in [-0.2, -0.15) is 0 Å². The molecule has 2 aliphatic heterocycles. The molecule has 2 aromatic rings. The van der Waals surface area contributed by atoms with E-state index >= 15 is 0 Å². The molecule has 2 aromatic heterocycles. The fourth-order valence-corrected chi connectivity index (χ4v) is 5.76. The number of hydrogen-bond acceptors (Lipinski definition) is 6. The van der Waals surface area contributed by atoms with Gasteiger partial charge in [0.15, 0.2) is 5.13 Å². The Morgan fingerprint density at radius 2 is 2.25 bits per heavy atom.